The Morgan fingerprint density at radius 1 is 1.17 bits per heavy atom. The number of halogens is 1. The highest BCUT2D eigenvalue weighted by atomic mass is 19.1. The zero-order chi connectivity index (χ0) is 24.8. The van der Waals surface area contributed by atoms with Gasteiger partial charge in [0.1, 0.15) is 11.9 Å². The number of carbonyl (C=O) groups is 2. The number of carbonyl (C=O) groups excluding carboxylic acids is 2. The van der Waals surface area contributed by atoms with E-state index < -0.39 is 11.6 Å². The maximum atomic E-state index is 13.9. The molecule has 3 aromatic rings. The molecule has 6 nitrogen and oxygen atoms in total. The van der Waals surface area contributed by atoms with Gasteiger partial charge >= 0.3 is 0 Å². The third-order valence-corrected chi connectivity index (χ3v) is 7.84. The average Bonchev–Trinajstić information content (AvgIpc) is 3.39. The van der Waals surface area contributed by atoms with Crippen molar-refractivity contribution in [3.05, 3.63) is 71.2 Å². The first-order valence-corrected chi connectivity index (χ1v) is 12.4. The van der Waals surface area contributed by atoms with Crippen LogP contribution in [0.15, 0.2) is 48.7 Å². The molecule has 4 N–H and O–H groups in total. The summed E-state index contributed by atoms with van der Waals surface area (Å²) in [5, 5.41) is 3.60. The maximum Gasteiger partial charge on any atom is 0.245 e. The summed E-state index contributed by atoms with van der Waals surface area (Å²) >= 11 is 0. The summed E-state index contributed by atoms with van der Waals surface area (Å²) in [6, 6.07) is 12.4. The Morgan fingerprint density at radius 3 is 2.66 bits per heavy atom. The Labute approximate surface area is 205 Å². The van der Waals surface area contributed by atoms with Gasteiger partial charge in [-0.25, -0.2) is 4.39 Å². The van der Waals surface area contributed by atoms with E-state index in [1.165, 1.54) is 23.3 Å². The smallest absolute Gasteiger partial charge is 0.245 e. The highest BCUT2D eigenvalue weighted by Gasteiger charge is 2.42. The van der Waals surface area contributed by atoms with Crippen molar-refractivity contribution in [2.45, 2.75) is 62.9 Å². The van der Waals surface area contributed by atoms with Gasteiger partial charge in [0.15, 0.2) is 0 Å². The molecule has 1 aliphatic heterocycles. The molecule has 0 radical (unpaired) electrons. The normalized spacial score (nSPS) is 18.0. The highest BCUT2D eigenvalue weighted by Crippen LogP contribution is 2.46. The predicted molar refractivity (Wildman–Crippen MR) is 134 cm³/mol. The van der Waals surface area contributed by atoms with E-state index in [2.05, 4.69) is 34.6 Å². The first-order chi connectivity index (χ1) is 16.7. The molecule has 2 aliphatic rings. The second-order valence-corrected chi connectivity index (χ2v) is 10.7. The van der Waals surface area contributed by atoms with Crippen molar-refractivity contribution in [1.29, 1.82) is 0 Å². The maximum absolute atomic E-state index is 13.9. The van der Waals surface area contributed by atoms with Crippen molar-refractivity contribution < 1.29 is 14.0 Å². The predicted octanol–water partition coefficient (Wildman–Crippen LogP) is 3.58. The van der Waals surface area contributed by atoms with Crippen LogP contribution in [0.5, 0.6) is 0 Å². The van der Waals surface area contributed by atoms with Crippen molar-refractivity contribution in [1.82, 2.24) is 15.2 Å². The van der Waals surface area contributed by atoms with Crippen LogP contribution in [0.4, 0.5) is 4.39 Å². The quantitative estimate of drug-likeness (QED) is 0.526. The molecule has 1 aromatic heterocycles. The van der Waals surface area contributed by atoms with Crippen molar-refractivity contribution in [3.8, 4) is 0 Å². The number of aryl methyl sites for hydroxylation is 1. The van der Waals surface area contributed by atoms with E-state index in [1.54, 1.807) is 26.1 Å². The molecule has 184 valence electrons. The van der Waals surface area contributed by atoms with Gasteiger partial charge in [-0.15, -0.1) is 0 Å². The lowest BCUT2D eigenvalue weighted by molar-refractivity contribution is -0.138. The summed E-state index contributed by atoms with van der Waals surface area (Å²) < 4.78 is 13.9. The average molecular weight is 477 g/mol. The van der Waals surface area contributed by atoms with Gasteiger partial charge in [-0.3, -0.25) is 9.59 Å². The summed E-state index contributed by atoms with van der Waals surface area (Å²) in [5.41, 5.74) is 9.47. The summed E-state index contributed by atoms with van der Waals surface area (Å²) in [6.45, 7) is 4.53. The number of likely N-dealkylation sites (tertiary alicyclic amines) is 1. The molecule has 1 unspecified atom stereocenters. The number of amides is 2. The molecular formula is C28H33FN4O2. The summed E-state index contributed by atoms with van der Waals surface area (Å²) in [7, 11) is 0. The molecule has 2 aromatic carbocycles. The Balaban J connectivity index is 1.36. The fourth-order valence-electron chi connectivity index (χ4n) is 5.74. The van der Waals surface area contributed by atoms with Gasteiger partial charge in [-0.2, -0.15) is 0 Å². The van der Waals surface area contributed by atoms with Gasteiger partial charge < -0.3 is 20.9 Å². The lowest BCUT2D eigenvalue weighted by Crippen LogP contribution is -2.58. The van der Waals surface area contributed by atoms with E-state index in [9.17, 15) is 14.0 Å². The SMILES string of the molecule is CC(C)(N)C(=O)NC(Cc1c[nH]c2ccc(F)cc12)C(=O)N1CCC2(CCc3ccccc32)CC1. The van der Waals surface area contributed by atoms with Crippen LogP contribution in [0.25, 0.3) is 10.9 Å². The van der Waals surface area contributed by atoms with E-state index in [-0.39, 0.29) is 29.5 Å². The highest BCUT2D eigenvalue weighted by molar-refractivity contribution is 5.92. The molecule has 1 aliphatic carbocycles. The molecule has 2 heterocycles. The van der Waals surface area contributed by atoms with Crippen LogP contribution in [0.2, 0.25) is 0 Å². The number of aromatic amines is 1. The Morgan fingerprint density at radius 2 is 1.91 bits per heavy atom. The van der Waals surface area contributed by atoms with Crippen LogP contribution in [0, 0.1) is 5.82 Å². The molecule has 1 spiro atoms. The van der Waals surface area contributed by atoms with E-state index in [0.717, 1.165) is 36.8 Å². The number of nitrogens with one attached hydrogen (secondary N) is 2. The first kappa shape index (κ1) is 23.5. The van der Waals surface area contributed by atoms with Gasteiger partial charge in [-0.05, 0) is 79.8 Å². The molecule has 35 heavy (non-hydrogen) atoms. The van der Waals surface area contributed by atoms with E-state index in [4.69, 9.17) is 5.73 Å². The standard InChI is InChI=1S/C28H33FN4O2/c1-27(2,30)26(35)32-24(15-19-17-31-23-8-7-20(29)16-21(19)23)25(34)33-13-11-28(12-14-33)10-9-18-5-3-4-6-22(18)28/h3-8,16-17,24,31H,9-15,30H2,1-2H3,(H,32,35). The summed E-state index contributed by atoms with van der Waals surface area (Å²) in [4.78, 5) is 31.5. The number of fused-ring (bicyclic) bond motifs is 3. The van der Waals surface area contributed by atoms with Crippen LogP contribution in [0.3, 0.4) is 0 Å². The van der Waals surface area contributed by atoms with Gasteiger partial charge in [0.25, 0.3) is 0 Å². The molecular weight excluding hydrogens is 443 g/mol. The Kier molecular flexibility index (Phi) is 5.91. The van der Waals surface area contributed by atoms with Gasteiger partial charge in [0.05, 0.1) is 5.54 Å². The van der Waals surface area contributed by atoms with Crippen LogP contribution in [-0.4, -0.2) is 46.4 Å². The van der Waals surface area contributed by atoms with Crippen LogP contribution in [-0.2, 0) is 27.8 Å². The van der Waals surface area contributed by atoms with Crippen LogP contribution < -0.4 is 11.1 Å². The van der Waals surface area contributed by atoms with E-state index >= 15 is 0 Å². The van der Waals surface area contributed by atoms with Crippen molar-refractivity contribution in [2.24, 2.45) is 5.73 Å². The van der Waals surface area contributed by atoms with Gasteiger partial charge in [0.2, 0.25) is 11.8 Å². The minimum absolute atomic E-state index is 0.116. The lowest BCUT2D eigenvalue weighted by Gasteiger charge is -2.41. The number of nitrogens with two attached hydrogens (primary N) is 1. The first-order valence-electron chi connectivity index (χ1n) is 12.4. The molecule has 0 saturated carbocycles. The molecule has 5 rings (SSSR count). The number of hydrogen-bond acceptors (Lipinski definition) is 3. The fraction of sp³-hybridized carbons (Fsp3) is 0.429. The molecule has 7 heteroatoms. The molecule has 0 bridgehead atoms. The zero-order valence-corrected chi connectivity index (χ0v) is 20.4. The molecule has 1 atom stereocenters. The molecule has 2 amide bonds. The van der Waals surface area contributed by atoms with Gasteiger partial charge in [0, 0.05) is 36.6 Å². The van der Waals surface area contributed by atoms with Crippen LogP contribution in [0.1, 0.15) is 49.8 Å². The van der Waals surface area contributed by atoms with E-state index in [1.807, 2.05) is 4.90 Å². The number of piperidine rings is 1. The largest absolute Gasteiger partial charge is 0.361 e. The second kappa shape index (κ2) is 8.79. The van der Waals surface area contributed by atoms with Crippen molar-refractivity contribution in [2.75, 3.05) is 13.1 Å². The number of nitrogens with zero attached hydrogens (tertiary/aromatic N) is 1. The molecule has 1 saturated heterocycles. The topological polar surface area (TPSA) is 91.2 Å². The minimum atomic E-state index is -1.12. The minimum Gasteiger partial charge on any atom is -0.361 e. The Bertz CT molecular complexity index is 1270. The third-order valence-electron chi connectivity index (χ3n) is 7.84. The van der Waals surface area contributed by atoms with Crippen LogP contribution >= 0.6 is 0 Å². The number of benzene rings is 2. The van der Waals surface area contributed by atoms with Gasteiger partial charge in [-0.1, -0.05) is 24.3 Å². The van der Waals surface area contributed by atoms with E-state index in [0.29, 0.717) is 18.5 Å². The number of aromatic nitrogens is 1. The monoisotopic (exact) mass is 476 g/mol. The molecule has 1 fully saturated rings. The number of hydrogen-bond donors (Lipinski definition) is 3. The third kappa shape index (κ3) is 4.45. The summed E-state index contributed by atoms with van der Waals surface area (Å²) in [5.74, 6) is -0.846. The van der Waals surface area contributed by atoms with Crippen molar-refractivity contribution in [3.63, 3.8) is 0 Å². The number of H-pyrrole nitrogens is 1. The van der Waals surface area contributed by atoms with Crippen molar-refractivity contribution >= 4 is 22.7 Å². The fourth-order valence-corrected chi connectivity index (χ4v) is 5.74. The summed E-state index contributed by atoms with van der Waals surface area (Å²) in [6.07, 6.45) is 6.08. The number of rotatable bonds is 5. The Hall–Kier alpha value is -3.19. The lowest BCUT2D eigenvalue weighted by atomic mass is 9.73. The second-order valence-electron chi connectivity index (χ2n) is 10.7. The zero-order valence-electron chi connectivity index (χ0n) is 20.4.